The highest BCUT2D eigenvalue weighted by molar-refractivity contribution is 7.89. The Morgan fingerprint density at radius 2 is 1.37 bits per heavy atom. The largest absolute Gasteiger partial charge is 0.240 e. The summed E-state index contributed by atoms with van der Waals surface area (Å²) < 4.78 is 29.1. The van der Waals surface area contributed by atoms with Crippen LogP contribution in [0.2, 0.25) is 0 Å². The van der Waals surface area contributed by atoms with E-state index in [4.69, 9.17) is 0 Å². The first-order valence-electron chi connectivity index (χ1n) is 10.2. The molecule has 3 rings (SSSR count). The number of sulfonamides is 1. The number of benzene rings is 3. The molecule has 0 aliphatic rings. The van der Waals surface area contributed by atoms with Crippen molar-refractivity contribution in [3.8, 4) is 0 Å². The normalized spacial score (nSPS) is 12.7. The first-order valence-corrected chi connectivity index (χ1v) is 11.6. The van der Waals surface area contributed by atoms with Gasteiger partial charge in [-0.15, -0.1) is 0 Å². The van der Waals surface area contributed by atoms with E-state index in [1.165, 1.54) is 5.57 Å². The van der Waals surface area contributed by atoms with Crippen molar-refractivity contribution in [1.82, 2.24) is 4.72 Å². The highest BCUT2D eigenvalue weighted by Crippen LogP contribution is 2.38. The lowest BCUT2D eigenvalue weighted by atomic mass is 9.70. The smallest absolute Gasteiger partial charge is 0.210 e. The van der Waals surface area contributed by atoms with Crippen molar-refractivity contribution < 1.29 is 8.42 Å². The van der Waals surface area contributed by atoms with Crippen LogP contribution in [0.15, 0.2) is 101 Å². The molecule has 0 heterocycles. The third kappa shape index (κ3) is 4.89. The molecule has 0 unspecified atom stereocenters. The van der Waals surface area contributed by atoms with Crippen molar-refractivity contribution in [3.05, 3.63) is 113 Å². The molecule has 0 atom stereocenters. The van der Waals surface area contributed by atoms with E-state index < -0.39 is 15.4 Å². The van der Waals surface area contributed by atoms with Crippen molar-refractivity contribution >= 4 is 10.0 Å². The molecule has 3 aromatic rings. The predicted octanol–water partition coefficient (Wildman–Crippen LogP) is 5.62. The van der Waals surface area contributed by atoms with Gasteiger partial charge >= 0.3 is 0 Å². The Bertz CT molecular complexity index is 1050. The average molecular weight is 420 g/mol. The minimum Gasteiger partial charge on any atom is -0.210 e. The predicted molar refractivity (Wildman–Crippen MR) is 124 cm³/mol. The number of nitrogens with one attached hydrogen (secondary N) is 1. The third-order valence-corrected chi connectivity index (χ3v) is 7.04. The van der Waals surface area contributed by atoms with Gasteiger partial charge in [0.25, 0.3) is 0 Å². The van der Waals surface area contributed by atoms with Crippen LogP contribution in [0.25, 0.3) is 0 Å². The summed E-state index contributed by atoms with van der Waals surface area (Å²) in [5, 5.41) is 0. The van der Waals surface area contributed by atoms with E-state index in [2.05, 4.69) is 42.0 Å². The fourth-order valence-electron chi connectivity index (χ4n) is 3.75. The second-order valence-corrected chi connectivity index (χ2v) is 9.53. The van der Waals surface area contributed by atoms with Gasteiger partial charge in [0.15, 0.2) is 0 Å². The van der Waals surface area contributed by atoms with Crippen LogP contribution in [0.1, 0.15) is 37.0 Å². The summed E-state index contributed by atoms with van der Waals surface area (Å²) in [4.78, 5) is 0.283. The Kier molecular flexibility index (Phi) is 6.91. The van der Waals surface area contributed by atoms with Crippen LogP contribution in [0.3, 0.4) is 0 Å². The standard InChI is InChI=1S/C26H29NO2S/c1-4-21(2)19-26(23-11-7-5-8-12-23,24-13-9-6-10-14-24)20-27-30(28,29)25-17-15-22(3)16-18-25/h4-18,27H,19-20H2,1-3H3/b21-4+. The van der Waals surface area contributed by atoms with Crippen LogP contribution in [0, 0.1) is 6.92 Å². The molecule has 0 saturated heterocycles. The Morgan fingerprint density at radius 3 is 1.83 bits per heavy atom. The van der Waals surface area contributed by atoms with Crippen LogP contribution in [0.5, 0.6) is 0 Å². The number of rotatable bonds is 8. The molecule has 0 aliphatic carbocycles. The highest BCUT2D eigenvalue weighted by Gasteiger charge is 2.35. The average Bonchev–Trinajstić information content (AvgIpc) is 2.78. The Morgan fingerprint density at radius 1 is 0.867 bits per heavy atom. The van der Waals surface area contributed by atoms with Crippen molar-refractivity contribution in [1.29, 1.82) is 0 Å². The second kappa shape index (κ2) is 9.41. The maximum absolute atomic E-state index is 13.1. The first kappa shape index (κ1) is 22.0. The Balaban J connectivity index is 2.07. The van der Waals surface area contributed by atoms with Gasteiger partial charge in [-0.2, -0.15) is 0 Å². The Labute approximate surface area is 180 Å². The summed E-state index contributed by atoms with van der Waals surface area (Å²) >= 11 is 0. The number of hydrogen-bond donors (Lipinski definition) is 1. The Hall–Kier alpha value is -2.69. The zero-order chi connectivity index (χ0) is 21.6. The fraction of sp³-hybridized carbons (Fsp3) is 0.231. The minimum atomic E-state index is -3.64. The van der Waals surface area contributed by atoms with E-state index in [1.807, 2.05) is 62.4 Å². The van der Waals surface area contributed by atoms with Crippen molar-refractivity contribution in [2.45, 2.75) is 37.5 Å². The zero-order valence-corrected chi connectivity index (χ0v) is 18.6. The molecule has 3 nitrogen and oxygen atoms in total. The molecule has 156 valence electrons. The second-order valence-electron chi connectivity index (χ2n) is 7.76. The van der Waals surface area contributed by atoms with Crippen LogP contribution in [-0.4, -0.2) is 15.0 Å². The van der Waals surface area contributed by atoms with Gasteiger partial charge in [0.1, 0.15) is 0 Å². The lowest BCUT2D eigenvalue weighted by molar-refractivity contribution is 0.489. The molecule has 30 heavy (non-hydrogen) atoms. The van der Waals surface area contributed by atoms with Gasteiger partial charge in [0, 0.05) is 12.0 Å². The van der Waals surface area contributed by atoms with E-state index in [9.17, 15) is 8.42 Å². The highest BCUT2D eigenvalue weighted by atomic mass is 32.2. The minimum absolute atomic E-state index is 0.266. The number of allylic oxidation sites excluding steroid dienone is 2. The molecule has 0 amide bonds. The quantitative estimate of drug-likeness (QED) is 0.482. The van der Waals surface area contributed by atoms with Gasteiger partial charge in [-0.05, 0) is 50.5 Å². The summed E-state index contributed by atoms with van der Waals surface area (Å²) in [6.45, 7) is 6.32. The number of aryl methyl sites for hydroxylation is 1. The van der Waals surface area contributed by atoms with E-state index >= 15 is 0 Å². The van der Waals surface area contributed by atoms with Gasteiger partial charge in [-0.25, -0.2) is 13.1 Å². The van der Waals surface area contributed by atoms with Gasteiger partial charge in [0.05, 0.1) is 4.90 Å². The molecular weight excluding hydrogens is 390 g/mol. The zero-order valence-electron chi connectivity index (χ0n) is 17.8. The maximum Gasteiger partial charge on any atom is 0.240 e. The summed E-state index contributed by atoms with van der Waals surface area (Å²) in [6, 6.07) is 27.3. The first-order chi connectivity index (χ1) is 14.4. The van der Waals surface area contributed by atoms with Crippen LogP contribution in [0.4, 0.5) is 0 Å². The van der Waals surface area contributed by atoms with Crippen molar-refractivity contribution in [2.24, 2.45) is 0 Å². The molecule has 1 N–H and O–H groups in total. The molecule has 4 heteroatoms. The molecule has 0 spiro atoms. The molecular formula is C26H29NO2S. The van der Waals surface area contributed by atoms with E-state index in [-0.39, 0.29) is 11.4 Å². The van der Waals surface area contributed by atoms with Crippen LogP contribution in [-0.2, 0) is 15.4 Å². The summed E-state index contributed by atoms with van der Waals surface area (Å²) in [5.74, 6) is 0. The maximum atomic E-state index is 13.1. The topological polar surface area (TPSA) is 46.2 Å². The van der Waals surface area contributed by atoms with E-state index in [1.54, 1.807) is 12.1 Å². The lowest BCUT2D eigenvalue weighted by Gasteiger charge is -2.36. The van der Waals surface area contributed by atoms with Gasteiger partial charge in [0.2, 0.25) is 10.0 Å². The van der Waals surface area contributed by atoms with E-state index in [0.717, 1.165) is 16.7 Å². The van der Waals surface area contributed by atoms with Crippen molar-refractivity contribution in [2.75, 3.05) is 6.54 Å². The molecule has 0 aromatic heterocycles. The van der Waals surface area contributed by atoms with Gasteiger partial charge in [-0.1, -0.05) is 90.0 Å². The summed E-state index contributed by atoms with van der Waals surface area (Å²) in [6.07, 6.45) is 2.81. The molecule has 0 saturated carbocycles. The SMILES string of the molecule is C/C=C(\C)CC(CNS(=O)(=O)c1ccc(C)cc1)(c1ccccc1)c1ccccc1. The van der Waals surface area contributed by atoms with E-state index in [0.29, 0.717) is 6.42 Å². The monoisotopic (exact) mass is 419 g/mol. The van der Waals surface area contributed by atoms with Crippen LogP contribution < -0.4 is 4.72 Å². The van der Waals surface area contributed by atoms with Crippen molar-refractivity contribution in [3.63, 3.8) is 0 Å². The number of hydrogen-bond acceptors (Lipinski definition) is 2. The third-order valence-electron chi connectivity index (χ3n) is 5.62. The molecule has 0 aliphatic heterocycles. The lowest BCUT2D eigenvalue weighted by Crippen LogP contribution is -2.42. The molecule has 3 aromatic carbocycles. The molecule has 0 fully saturated rings. The molecule has 0 bridgehead atoms. The van der Waals surface area contributed by atoms with Gasteiger partial charge in [-0.3, -0.25) is 0 Å². The fourth-order valence-corrected chi connectivity index (χ4v) is 4.85. The molecule has 0 radical (unpaired) electrons. The van der Waals surface area contributed by atoms with Gasteiger partial charge < -0.3 is 0 Å². The summed E-state index contributed by atoms with van der Waals surface area (Å²) in [5.41, 5.74) is 3.89. The van der Waals surface area contributed by atoms with Crippen LogP contribution >= 0.6 is 0 Å². The summed E-state index contributed by atoms with van der Waals surface area (Å²) in [7, 11) is -3.64.